The summed E-state index contributed by atoms with van der Waals surface area (Å²) in [5.74, 6) is 2.31. The molecule has 0 aliphatic carbocycles. The highest BCUT2D eigenvalue weighted by atomic mass is 16.5. The van der Waals surface area contributed by atoms with Crippen LogP contribution >= 0.6 is 0 Å². The van der Waals surface area contributed by atoms with Crippen LogP contribution < -0.4 is 14.8 Å². The molecular formula is C33H40N4O4. The Balaban J connectivity index is 1.30. The number of aromatic nitrogens is 1. The van der Waals surface area contributed by atoms with Crippen LogP contribution in [0.3, 0.4) is 0 Å². The minimum Gasteiger partial charge on any atom is -0.496 e. The first kappa shape index (κ1) is 28.6. The first-order chi connectivity index (χ1) is 20.1. The third kappa shape index (κ3) is 7.85. The van der Waals surface area contributed by atoms with Crippen molar-refractivity contribution in [2.75, 3.05) is 33.4 Å². The van der Waals surface area contributed by atoms with Crippen molar-refractivity contribution >= 4 is 11.8 Å². The van der Waals surface area contributed by atoms with Crippen LogP contribution in [-0.4, -0.2) is 59.9 Å². The Morgan fingerprint density at radius 1 is 1.05 bits per heavy atom. The molecule has 3 aromatic rings. The average molecular weight is 557 g/mol. The number of nitrogens with zero attached hydrogens (tertiary/aromatic N) is 3. The molecule has 2 atom stereocenters. The van der Waals surface area contributed by atoms with Crippen LogP contribution in [-0.2, 0) is 29.2 Å². The highest BCUT2D eigenvalue weighted by Gasteiger charge is 2.33. The number of benzene rings is 2. The summed E-state index contributed by atoms with van der Waals surface area (Å²) < 4.78 is 11.9. The summed E-state index contributed by atoms with van der Waals surface area (Å²) in [6.07, 6.45) is 4.80. The fourth-order valence-electron chi connectivity index (χ4n) is 5.98. The molecule has 41 heavy (non-hydrogen) atoms. The first-order valence-electron chi connectivity index (χ1n) is 14.6. The molecule has 0 unspecified atom stereocenters. The van der Waals surface area contributed by atoms with Crippen LogP contribution in [0.15, 0.2) is 72.9 Å². The molecule has 3 heterocycles. The van der Waals surface area contributed by atoms with Crippen molar-refractivity contribution < 1.29 is 19.1 Å². The van der Waals surface area contributed by atoms with Crippen molar-refractivity contribution in [1.29, 1.82) is 0 Å². The second kappa shape index (κ2) is 14.1. The van der Waals surface area contributed by atoms with Gasteiger partial charge in [-0.15, -0.1) is 0 Å². The van der Waals surface area contributed by atoms with Gasteiger partial charge in [-0.3, -0.25) is 19.5 Å². The zero-order valence-corrected chi connectivity index (χ0v) is 23.8. The van der Waals surface area contributed by atoms with Crippen LogP contribution in [0.5, 0.6) is 11.5 Å². The van der Waals surface area contributed by atoms with Crippen molar-refractivity contribution in [1.82, 2.24) is 20.1 Å². The molecule has 0 spiro atoms. The number of carbonyl (C=O) groups excluding carboxylic acids is 2. The lowest BCUT2D eigenvalue weighted by Crippen LogP contribution is -2.48. The maximum absolute atomic E-state index is 13.7. The number of amides is 2. The monoisotopic (exact) mass is 556 g/mol. The lowest BCUT2D eigenvalue weighted by molar-refractivity contribution is -0.135. The predicted molar refractivity (Wildman–Crippen MR) is 157 cm³/mol. The molecule has 1 saturated heterocycles. The Kier molecular flexibility index (Phi) is 9.86. The smallest absolute Gasteiger partial charge is 0.236 e. The van der Waals surface area contributed by atoms with Gasteiger partial charge in [0.05, 0.1) is 32.5 Å². The largest absolute Gasteiger partial charge is 0.496 e. The number of rotatable bonds is 7. The quantitative estimate of drug-likeness (QED) is 0.464. The Bertz CT molecular complexity index is 1300. The number of ether oxygens (including phenoxy) is 2. The van der Waals surface area contributed by atoms with E-state index in [0.29, 0.717) is 52.3 Å². The standard InChI is InChI=1S/C33H40N4O4/c1-40-30-13-4-2-9-27(30)21-36-22-28-10-3-5-14-31(28)41-18-8-11-26-23-37(33(39)24-36)17-15-25(26)19-32(38)35-20-29-12-6-7-16-34-29/h2-7,9-10,12-14,16,25-26H,8,11,15,17-24H2,1H3,(H,35,38)/t25-,26-/m0/s1. The summed E-state index contributed by atoms with van der Waals surface area (Å²) in [5.41, 5.74) is 2.95. The zero-order valence-electron chi connectivity index (χ0n) is 23.8. The molecule has 8 heteroatoms. The molecule has 1 fully saturated rings. The molecule has 2 bridgehead atoms. The molecule has 0 radical (unpaired) electrons. The summed E-state index contributed by atoms with van der Waals surface area (Å²) in [6.45, 7) is 3.85. The molecule has 2 aliphatic rings. The number of para-hydroxylation sites is 2. The van der Waals surface area contributed by atoms with Gasteiger partial charge in [-0.05, 0) is 55.4 Å². The van der Waals surface area contributed by atoms with Crippen molar-refractivity contribution in [2.45, 2.75) is 45.3 Å². The Hall–Kier alpha value is -3.91. The van der Waals surface area contributed by atoms with Gasteiger partial charge in [-0.2, -0.15) is 0 Å². The molecule has 0 saturated carbocycles. The summed E-state index contributed by atoms with van der Waals surface area (Å²) in [6, 6.07) is 21.8. The summed E-state index contributed by atoms with van der Waals surface area (Å²) in [4.78, 5) is 35.1. The van der Waals surface area contributed by atoms with E-state index in [1.54, 1.807) is 13.3 Å². The van der Waals surface area contributed by atoms with Crippen molar-refractivity contribution in [2.24, 2.45) is 11.8 Å². The van der Waals surface area contributed by atoms with Gasteiger partial charge in [0.1, 0.15) is 11.5 Å². The van der Waals surface area contributed by atoms with Crippen molar-refractivity contribution in [3.8, 4) is 11.5 Å². The highest BCUT2D eigenvalue weighted by molar-refractivity contribution is 5.79. The second-order valence-corrected chi connectivity index (χ2v) is 11.0. The number of nitrogens with one attached hydrogen (secondary N) is 1. The topological polar surface area (TPSA) is 84.0 Å². The second-order valence-electron chi connectivity index (χ2n) is 11.0. The highest BCUT2D eigenvalue weighted by Crippen LogP contribution is 2.32. The van der Waals surface area contributed by atoms with Crippen molar-refractivity contribution in [3.63, 3.8) is 0 Å². The first-order valence-corrected chi connectivity index (χ1v) is 14.6. The maximum atomic E-state index is 13.7. The predicted octanol–water partition coefficient (Wildman–Crippen LogP) is 4.44. The van der Waals surface area contributed by atoms with E-state index in [-0.39, 0.29) is 23.7 Å². The van der Waals surface area contributed by atoms with Gasteiger partial charge in [-0.1, -0.05) is 42.5 Å². The van der Waals surface area contributed by atoms with E-state index >= 15 is 0 Å². The van der Waals surface area contributed by atoms with E-state index in [4.69, 9.17) is 9.47 Å². The Morgan fingerprint density at radius 3 is 2.73 bits per heavy atom. The van der Waals surface area contributed by atoms with Gasteiger partial charge < -0.3 is 19.7 Å². The van der Waals surface area contributed by atoms with Gasteiger partial charge in [0.25, 0.3) is 0 Å². The van der Waals surface area contributed by atoms with E-state index in [1.165, 1.54) is 0 Å². The summed E-state index contributed by atoms with van der Waals surface area (Å²) in [5, 5.41) is 3.03. The lowest BCUT2D eigenvalue weighted by atomic mass is 9.80. The number of piperidine rings is 1. The fourth-order valence-corrected chi connectivity index (χ4v) is 5.98. The zero-order chi connectivity index (χ0) is 28.4. The third-order valence-corrected chi connectivity index (χ3v) is 8.17. The number of hydrogen-bond donors (Lipinski definition) is 1. The van der Waals surface area contributed by atoms with Crippen LogP contribution in [0, 0.1) is 11.8 Å². The van der Waals surface area contributed by atoms with Gasteiger partial charge in [0.15, 0.2) is 0 Å². The van der Waals surface area contributed by atoms with E-state index in [0.717, 1.165) is 47.6 Å². The number of carbonyl (C=O) groups is 2. The fraction of sp³-hybridized carbons (Fsp3) is 0.424. The van der Waals surface area contributed by atoms with Crippen LogP contribution in [0.1, 0.15) is 42.5 Å². The number of methoxy groups -OCH3 is 1. The van der Waals surface area contributed by atoms with Gasteiger partial charge in [0.2, 0.25) is 11.8 Å². The van der Waals surface area contributed by atoms with Gasteiger partial charge >= 0.3 is 0 Å². The SMILES string of the molecule is COc1ccccc1CN1CC(=O)N2CC[C@@H](CC(=O)NCc3ccccn3)[C@@H](CCCOc3ccccc3C1)C2. The van der Waals surface area contributed by atoms with E-state index in [9.17, 15) is 9.59 Å². The summed E-state index contributed by atoms with van der Waals surface area (Å²) in [7, 11) is 1.68. The molecule has 2 aromatic carbocycles. The van der Waals surface area contributed by atoms with Crippen LogP contribution in [0.2, 0.25) is 0 Å². The van der Waals surface area contributed by atoms with Crippen LogP contribution in [0.4, 0.5) is 0 Å². The molecule has 1 N–H and O–H groups in total. The molecular weight excluding hydrogens is 516 g/mol. The number of pyridine rings is 1. The summed E-state index contributed by atoms with van der Waals surface area (Å²) >= 11 is 0. The molecule has 2 aliphatic heterocycles. The Labute approximate surface area is 242 Å². The number of hydrogen-bond acceptors (Lipinski definition) is 6. The van der Waals surface area contributed by atoms with E-state index in [1.807, 2.05) is 65.6 Å². The average Bonchev–Trinajstić information content (AvgIpc) is 3.00. The number of fused-ring (bicyclic) bond motifs is 3. The van der Waals surface area contributed by atoms with Gasteiger partial charge in [0, 0.05) is 49.9 Å². The maximum Gasteiger partial charge on any atom is 0.236 e. The normalized spacial score (nSPS) is 20.0. The molecule has 5 rings (SSSR count). The van der Waals surface area contributed by atoms with Crippen LogP contribution in [0.25, 0.3) is 0 Å². The third-order valence-electron chi connectivity index (χ3n) is 8.17. The van der Waals surface area contributed by atoms with Crippen molar-refractivity contribution in [3.05, 3.63) is 89.7 Å². The van der Waals surface area contributed by atoms with E-state index < -0.39 is 0 Å². The minimum atomic E-state index is 0.0384. The molecule has 2 amide bonds. The van der Waals surface area contributed by atoms with E-state index in [2.05, 4.69) is 21.3 Å². The molecule has 216 valence electrons. The minimum absolute atomic E-state index is 0.0384. The molecule has 8 nitrogen and oxygen atoms in total. The Morgan fingerprint density at radius 2 is 1.88 bits per heavy atom. The molecule has 1 aromatic heterocycles. The van der Waals surface area contributed by atoms with Gasteiger partial charge in [-0.25, -0.2) is 0 Å². The lowest BCUT2D eigenvalue weighted by Gasteiger charge is -2.39.